The molecule has 6 heteroatoms. The quantitative estimate of drug-likeness (QED) is 0.636. The zero-order valence-electron chi connectivity index (χ0n) is 18.0. The van der Waals surface area contributed by atoms with Crippen LogP contribution in [0.25, 0.3) is 0 Å². The molecule has 0 spiro atoms. The number of allylic oxidation sites excluding steroid dienone is 2. The van der Waals surface area contributed by atoms with E-state index in [2.05, 4.69) is 45.5 Å². The van der Waals surface area contributed by atoms with Crippen LogP contribution in [0.5, 0.6) is 11.5 Å². The van der Waals surface area contributed by atoms with Crippen LogP contribution in [-0.4, -0.2) is 25.4 Å². The average Bonchev–Trinajstić information content (AvgIpc) is 2.74. The maximum absolute atomic E-state index is 13.3. The first-order chi connectivity index (χ1) is 14.9. The smallest absolute Gasteiger partial charge is 0.225 e. The Balaban J connectivity index is 1.72. The number of methoxy groups -OCH3 is 1. The topological polar surface area (TPSA) is 64.6 Å². The Bertz CT molecular complexity index is 1060. The molecule has 5 nitrogen and oxygen atoms in total. The third kappa shape index (κ3) is 4.26. The highest BCUT2D eigenvalue weighted by Crippen LogP contribution is 2.46. The van der Waals surface area contributed by atoms with Gasteiger partial charge in [0, 0.05) is 30.0 Å². The predicted octanol–water partition coefficient (Wildman–Crippen LogP) is 5.17. The summed E-state index contributed by atoms with van der Waals surface area (Å²) in [6, 6.07) is 12.1. The Morgan fingerprint density at radius 1 is 1.06 bits per heavy atom. The monoisotopic (exact) mass is 483 g/mol. The van der Waals surface area contributed by atoms with Crippen molar-refractivity contribution in [3.05, 3.63) is 68.8 Å². The highest BCUT2D eigenvalue weighted by molar-refractivity contribution is 9.10. The molecule has 1 aliphatic carbocycles. The highest BCUT2D eigenvalue weighted by Gasteiger charge is 2.38. The van der Waals surface area contributed by atoms with Crippen molar-refractivity contribution in [1.82, 2.24) is 5.32 Å². The molecule has 1 aliphatic heterocycles. The van der Waals surface area contributed by atoms with Crippen molar-refractivity contribution in [3.8, 4) is 11.5 Å². The van der Waals surface area contributed by atoms with Gasteiger partial charge in [-0.2, -0.15) is 0 Å². The largest absolute Gasteiger partial charge is 0.493 e. The lowest BCUT2D eigenvalue weighted by molar-refractivity contribution is -0.122. The number of hydrogen-bond donors (Lipinski definition) is 1. The SMILES string of the molecule is CCOc1c(Br)cc(C2CC(=O)NC3=C2C(=O)CC(c2ccc(C)cc2)C3)cc1OC. The molecular weight excluding hydrogens is 458 g/mol. The van der Waals surface area contributed by atoms with E-state index in [1.54, 1.807) is 7.11 Å². The molecule has 1 amide bonds. The average molecular weight is 484 g/mol. The van der Waals surface area contributed by atoms with E-state index < -0.39 is 0 Å². The number of Topliss-reactive ketones (excluding diaryl/α,β-unsaturated/α-hetero) is 1. The van der Waals surface area contributed by atoms with Gasteiger partial charge in [0.2, 0.25) is 5.91 Å². The molecule has 0 fully saturated rings. The molecule has 0 aromatic heterocycles. The summed E-state index contributed by atoms with van der Waals surface area (Å²) in [5.41, 5.74) is 4.67. The van der Waals surface area contributed by atoms with Gasteiger partial charge in [-0.3, -0.25) is 9.59 Å². The van der Waals surface area contributed by atoms with Crippen LogP contribution in [0.3, 0.4) is 0 Å². The van der Waals surface area contributed by atoms with Crippen LogP contribution >= 0.6 is 15.9 Å². The number of ketones is 1. The van der Waals surface area contributed by atoms with Gasteiger partial charge in [0.05, 0.1) is 18.2 Å². The molecule has 31 heavy (non-hydrogen) atoms. The van der Waals surface area contributed by atoms with Gasteiger partial charge in [-0.1, -0.05) is 29.8 Å². The number of benzene rings is 2. The Morgan fingerprint density at radius 3 is 2.48 bits per heavy atom. The number of carbonyl (C=O) groups is 2. The predicted molar refractivity (Wildman–Crippen MR) is 123 cm³/mol. The van der Waals surface area contributed by atoms with Gasteiger partial charge in [-0.25, -0.2) is 0 Å². The molecular formula is C25H26BrNO4. The van der Waals surface area contributed by atoms with E-state index in [-0.39, 0.29) is 29.9 Å². The number of carbonyl (C=O) groups excluding carboxylic acids is 2. The molecule has 2 unspecified atom stereocenters. The van der Waals surface area contributed by atoms with Gasteiger partial charge in [0.1, 0.15) is 0 Å². The third-order valence-corrected chi connectivity index (χ3v) is 6.62. The standard InChI is InChI=1S/C25H26BrNO4/c1-4-31-25-19(26)9-17(12-22(25)30-3)18-13-23(29)27-20-10-16(11-21(28)24(18)20)15-7-5-14(2)6-8-15/h5-9,12,16,18H,4,10-11,13H2,1-3H3,(H,27,29). The van der Waals surface area contributed by atoms with Crippen molar-refractivity contribution >= 4 is 27.6 Å². The summed E-state index contributed by atoms with van der Waals surface area (Å²) in [4.78, 5) is 25.9. The van der Waals surface area contributed by atoms with Gasteiger partial charge in [-0.05, 0) is 65.4 Å². The summed E-state index contributed by atoms with van der Waals surface area (Å²) in [7, 11) is 1.59. The minimum Gasteiger partial charge on any atom is -0.493 e. The number of aryl methyl sites for hydroxylation is 1. The second kappa shape index (κ2) is 8.87. The van der Waals surface area contributed by atoms with Crippen LogP contribution in [0.4, 0.5) is 0 Å². The van der Waals surface area contributed by atoms with Crippen molar-refractivity contribution in [2.75, 3.05) is 13.7 Å². The number of ether oxygens (including phenoxy) is 2. The van der Waals surface area contributed by atoms with E-state index in [1.807, 2.05) is 26.0 Å². The molecule has 0 bridgehead atoms. The summed E-state index contributed by atoms with van der Waals surface area (Å²) < 4.78 is 12.0. The Morgan fingerprint density at radius 2 is 1.81 bits per heavy atom. The van der Waals surface area contributed by atoms with Gasteiger partial charge in [0.25, 0.3) is 0 Å². The summed E-state index contributed by atoms with van der Waals surface area (Å²) in [6.45, 7) is 4.47. The molecule has 162 valence electrons. The summed E-state index contributed by atoms with van der Waals surface area (Å²) in [5, 5.41) is 2.99. The molecule has 0 radical (unpaired) electrons. The van der Waals surface area contributed by atoms with Crippen molar-refractivity contribution in [1.29, 1.82) is 0 Å². The first kappa shape index (κ1) is 21.6. The number of halogens is 1. The second-order valence-corrected chi connectivity index (χ2v) is 8.96. The molecule has 2 aliphatic rings. The summed E-state index contributed by atoms with van der Waals surface area (Å²) >= 11 is 3.56. The van der Waals surface area contributed by atoms with E-state index in [9.17, 15) is 9.59 Å². The molecule has 0 saturated heterocycles. The maximum Gasteiger partial charge on any atom is 0.225 e. The number of nitrogens with one attached hydrogen (secondary N) is 1. The summed E-state index contributed by atoms with van der Waals surface area (Å²) in [6.07, 6.45) is 1.34. The number of rotatable bonds is 5. The number of amides is 1. The van der Waals surface area contributed by atoms with Gasteiger partial charge in [-0.15, -0.1) is 0 Å². The van der Waals surface area contributed by atoms with Crippen LogP contribution in [0.1, 0.15) is 54.7 Å². The molecule has 0 saturated carbocycles. The fraction of sp³-hybridized carbons (Fsp3) is 0.360. The normalized spacial score (nSPS) is 20.9. The maximum atomic E-state index is 13.3. The van der Waals surface area contributed by atoms with Crippen LogP contribution in [-0.2, 0) is 9.59 Å². The molecule has 1 heterocycles. The van der Waals surface area contributed by atoms with E-state index in [0.717, 1.165) is 26.9 Å². The van der Waals surface area contributed by atoms with Gasteiger partial charge in [0.15, 0.2) is 17.3 Å². The van der Waals surface area contributed by atoms with Crippen LogP contribution in [0, 0.1) is 6.92 Å². The molecule has 2 atom stereocenters. The highest BCUT2D eigenvalue weighted by atomic mass is 79.9. The fourth-order valence-electron chi connectivity index (χ4n) is 4.54. The third-order valence-electron chi connectivity index (χ3n) is 6.03. The molecule has 1 N–H and O–H groups in total. The first-order valence-corrected chi connectivity index (χ1v) is 11.3. The van der Waals surface area contributed by atoms with E-state index in [0.29, 0.717) is 30.9 Å². The minimum absolute atomic E-state index is 0.0647. The lowest BCUT2D eigenvalue weighted by atomic mass is 9.73. The van der Waals surface area contributed by atoms with Crippen molar-refractivity contribution in [3.63, 3.8) is 0 Å². The lowest BCUT2D eigenvalue weighted by Crippen LogP contribution is -2.38. The van der Waals surface area contributed by atoms with Crippen molar-refractivity contribution in [2.24, 2.45) is 0 Å². The molecule has 2 aromatic carbocycles. The van der Waals surface area contributed by atoms with Gasteiger partial charge < -0.3 is 14.8 Å². The second-order valence-electron chi connectivity index (χ2n) is 8.10. The first-order valence-electron chi connectivity index (χ1n) is 10.5. The Labute approximate surface area is 190 Å². The zero-order chi connectivity index (χ0) is 22.1. The van der Waals surface area contributed by atoms with Crippen LogP contribution < -0.4 is 14.8 Å². The lowest BCUT2D eigenvalue weighted by Gasteiger charge is -2.34. The Hall–Kier alpha value is -2.60. The van der Waals surface area contributed by atoms with Crippen molar-refractivity contribution in [2.45, 2.75) is 44.9 Å². The molecule has 4 rings (SSSR count). The van der Waals surface area contributed by atoms with Crippen molar-refractivity contribution < 1.29 is 19.1 Å². The fourth-order valence-corrected chi connectivity index (χ4v) is 5.12. The number of hydrogen-bond acceptors (Lipinski definition) is 4. The van der Waals surface area contributed by atoms with Crippen LogP contribution in [0.2, 0.25) is 0 Å². The van der Waals surface area contributed by atoms with Crippen LogP contribution in [0.15, 0.2) is 52.1 Å². The van der Waals surface area contributed by atoms with Gasteiger partial charge >= 0.3 is 0 Å². The minimum atomic E-state index is -0.295. The zero-order valence-corrected chi connectivity index (χ0v) is 19.5. The summed E-state index contributed by atoms with van der Waals surface area (Å²) in [5.74, 6) is 1.02. The van der Waals surface area contributed by atoms with E-state index >= 15 is 0 Å². The van der Waals surface area contributed by atoms with E-state index in [4.69, 9.17) is 9.47 Å². The Kier molecular flexibility index (Phi) is 6.19. The molecule has 2 aromatic rings. The van der Waals surface area contributed by atoms with E-state index in [1.165, 1.54) is 5.56 Å².